The first-order chi connectivity index (χ1) is 18.2. The molecule has 2 unspecified atom stereocenters. The SMILES string of the molecule is CCc1cccc2c1C(OC)c1ccccc1SC2.OCc1cccc2c1C(O)c1ccccc1SC2. The van der Waals surface area contributed by atoms with Gasteiger partial charge in [0.25, 0.3) is 0 Å². The maximum absolute atomic E-state index is 10.6. The highest BCUT2D eigenvalue weighted by Gasteiger charge is 2.26. The van der Waals surface area contributed by atoms with Crippen LogP contribution in [-0.4, -0.2) is 17.3 Å². The number of benzene rings is 4. The fraction of sp³-hybridized carbons (Fsp3) is 0.250. The van der Waals surface area contributed by atoms with Crippen molar-refractivity contribution in [2.75, 3.05) is 7.11 Å². The second-order valence-electron chi connectivity index (χ2n) is 9.16. The maximum Gasteiger partial charge on any atom is 0.109 e. The number of methoxy groups -OCH3 is 1. The van der Waals surface area contributed by atoms with Crippen LogP contribution in [0.2, 0.25) is 0 Å². The Labute approximate surface area is 227 Å². The van der Waals surface area contributed by atoms with Gasteiger partial charge in [0.05, 0.1) is 6.61 Å². The van der Waals surface area contributed by atoms with Crippen molar-refractivity contribution in [3.05, 3.63) is 129 Å². The van der Waals surface area contributed by atoms with Gasteiger partial charge in [0.1, 0.15) is 12.2 Å². The first-order valence-corrected chi connectivity index (χ1v) is 14.6. The summed E-state index contributed by atoms with van der Waals surface area (Å²) in [5, 5.41) is 20.0. The van der Waals surface area contributed by atoms with E-state index in [1.165, 1.54) is 27.1 Å². The number of aryl methyl sites for hydroxylation is 1. The lowest BCUT2D eigenvalue weighted by Crippen LogP contribution is -2.08. The van der Waals surface area contributed by atoms with Gasteiger partial charge >= 0.3 is 0 Å². The monoisotopic (exact) mass is 528 g/mol. The molecule has 0 spiro atoms. The molecule has 6 rings (SSSR count). The fourth-order valence-corrected chi connectivity index (χ4v) is 7.41. The summed E-state index contributed by atoms with van der Waals surface area (Å²) in [5.74, 6) is 1.86. The zero-order valence-electron chi connectivity index (χ0n) is 21.2. The molecule has 5 heteroatoms. The van der Waals surface area contributed by atoms with Gasteiger partial charge in [-0.15, -0.1) is 23.5 Å². The fourth-order valence-electron chi connectivity index (χ4n) is 5.25. The molecule has 3 nitrogen and oxygen atoms in total. The molecule has 0 aromatic heterocycles. The lowest BCUT2D eigenvalue weighted by molar-refractivity contribution is 0.133. The van der Waals surface area contributed by atoms with E-state index in [0.717, 1.165) is 45.1 Å². The molecular formula is C32H32O3S2. The molecule has 2 N–H and O–H groups in total. The highest BCUT2D eigenvalue weighted by molar-refractivity contribution is 7.98. The highest BCUT2D eigenvalue weighted by atomic mass is 32.2. The van der Waals surface area contributed by atoms with Gasteiger partial charge in [0.15, 0.2) is 0 Å². The normalized spacial score (nSPS) is 17.6. The Morgan fingerprint density at radius 2 is 1.30 bits per heavy atom. The molecule has 0 amide bonds. The maximum atomic E-state index is 10.6. The molecule has 2 heterocycles. The van der Waals surface area contributed by atoms with Crippen LogP contribution in [0.5, 0.6) is 0 Å². The van der Waals surface area contributed by atoms with Crippen LogP contribution in [0.25, 0.3) is 0 Å². The molecule has 2 atom stereocenters. The number of rotatable bonds is 3. The van der Waals surface area contributed by atoms with E-state index in [4.69, 9.17) is 4.74 Å². The van der Waals surface area contributed by atoms with Gasteiger partial charge in [0, 0.05) is 28.4 Å². The molecule has 0 saturated heterocycles. The van der Waals surface area contributed by atoms with Crippen molar-refractivity contribution in [3.63, 3.8) is 0 Å². The van der Waals surface area contributed by atoms with Crippen LogP contribution in [0.4, 0.5) is 0 Å². The molecule has 0 saturated carbocycles. The van der Waals surface area contributed by atoms with Crippen molar-refractivity contribution in [3.8, 4) is 0 Å². The molecule has 4 aromatic rings. The number of aliphatic hydroxyl groups is 2. The third kappa shape index (κ3) is 5.25. The molecule has 0 radical (unpaired) electrons. The van der Waals surface area contributed by atoms with Gasteiger partial charge < -0.3 is 14.9 Å². The Kier molecular flexibility index (Phi) is 8.38. The molecular weight excluding hydrogens is 496 g/mol. The Hall–Kier alpha value is -2.54. The molecule has 2 aliphatic heterocycles. The third-order valence-electron chi connectivity index (χ3n) is 7.08. The minimum absolute atomic E-state index is 0.0347. The van der Waals surface area contributed by atoms with Crippen molar-refractivity contribution in [2.24, 2.45) is 0 Å². The lowest BCUT2D eigenvalue weighted by atomic mass is 9.91. The second-order valence-corrected chi connectivity index (χ2v) is 11.2. The van der Waals surface area contributed by atoms with Gasteiger partial charge in [0.2, 0.25) is 0 Å². The average molecular weight is 529 g/mol. The molecule has 0 fully saturated rings. The van der Waals surface area contributed by atoms with Gasteiger partial charge in [-0.1, -0.05) is 79.7 Å². The zero-order chi connectivity index (χ0) is 25.8. The summed E-state index contributed by atoms with van der Waals surface area (Å²) < 4.78 is 5.85. The molecule has 0 bridgehead atoms. The zero-order valence-corrected chi connectivity index (χ0v) is 22.8. The summed E-state index contributed by atoms with van der Waals surface area (Å²) in [5.41, 5.74) is 9.22. The summed E-state index contributed by atoms with van der Waals surface area (Å²) in [6.45, 7) is 2.18. The minimum Gasteiger partial charge on any atom is -0.392 e. The van der Waals surface area contributed by atoms with E-state index in [-0.39, 0.29) is 12.7 Å². The Morgan fingerprint density at radius 3 is 1.92 bits per heavy atom. The highest BCUT2D eigenvalue weighted by Crippen LogP contribution is 2.42. The van der Waals surface area contributed by atoms with E-state index in [9.17, 15) is 10.2 Å². The largest absolute Gasteiger partial charge is 0.392 e. The Bertz CT molecular complexity index is 1380. The number of fused-ring (bicyclic) bond motifs is 4. The van der Waals surface area contributed by atoms with Gasteiger partial charge in [-0.25, -0.2) is 0 Å². The van der Waals surface area contributed by atoms with Crippen LogP contribution in [-0.2, 0) is 29.3 Å². The van der Waals surface area contributed by atoms with E-state index in [2.05, 4.69) is 49.4 Å². The number of hydrogen-bond acceptors (Lipinski definition) is 5. The van der Waals surface area contributed by atoms with E-state index in [0.29, 0.717) is 0 Å². The van der Waals surface area contributed by atoms with Crippen molar-refractivity contribution in [1.29, 1.82) is 0 Å². The molecule has 37 heavy (non-hydrogen) atoms. The van der Waals surface area contributed by atoms with E-state index >= 15 is 0 Å². The molecule has 190 valence electrons. The first-order valence-electron chi connectivity index (χ1n) is 12.6. The average Bonchev–Trinajstić information content (AvgIpc) is 3.21. The number of aliphatic hydroxyl groups excluding tert-OH is 2. The van der Waals surface area contributed by atoms with Crippen molar-refractivity contribution in [1.82, 2.24) is 0 Å². The molecule has 2 aliphatic rings. The molecule has 0 aliphatic carbocycles. The second kappa shape index (κ2) is 11.9. The summed E-state index contributed by atoms with van der Waals surface area (Å²) >= 11 is 3.64. The van der Waals surface area contributed by atoms with Crippen molar-refractivity contribution < 1.29 is 14.9 Å². The van der Waals surface area contributed by atoms with Crippen molar-refractivity contribution in [2.45, 2.75) is 53.5 Å². The summed E-state index contributed by atoms with van der Waals surface area (Å²) in [6, 6.07) is 29.0. The predicted molar refractivity (Wildman–Crippen MR) is 153 cm³/mol. The summed E-state index contributed by atoms with van der Waals surface area (Å²) in [4.78, 5) is 2.46. The Morgan fingerprint density at radius 1 is 0.730 bits per heavy atom. The summed E-state index contributed by atoms with van der Waals surface area (Å²) in [7, 11) is 1.81. The van der Waals surface area contributed by atoms with Crippen LogP contribution < -0.4 is 0 Å². The minimum atomic E-state index is -0.644. The topological polar surface area (TPSA) is 49.7 Å². The number of hydrogen-bond donors (Lipinski definition) is 2. The standard InChI is InChI=1S/C17H18OS.C15H14O2S/c1-3-12-7-6-8-13-11-19-15-10-5-4-9-14(15)17(18-2)16(12)13;16-8-10-4-3-5-11-9-18-13-7-2-1-6-12(13)15(17)14(10)11/h4-10,17H,3,11H2,1-2H3;1-7,15-17H,8-9H2. The van der Waals surface area contributed by atoms with Crippen LogP contribution in [0, 0.1) is 0 Å². The van der Waals surface area contributed by atoms with Gasteiger partial charge in [-0.05, 0) is 63.1 Å². The lowest BCUT2D eigenvalue weighted by Gasteiger charge is -2.21. The molecule has 4 aromatic carbocycles. The van der Waals surface area contributed by atoms with Gasteiger partial charge in [-0.2, -0.15) is 0 Å². The summed E-state index contributed by atoms with van der Waals surface area (Å²) in [6.07, 6.45) is 0.475. The van der Waals surface area contributed by atoms with Crippen LogP contribution in [0.3, 0.4) is 0 Å². The van der Waals surface area contributed by atoms with E-state index in [1.807, 2.05) is 61.3 Å². The van der Waals surface area contributed by atoms with Crippen molar-refractivity contribution >= 4 is 23.5 Å². The quantitative estimate of drug-likeness (QED) is 0.289. The van der Waals surface area contributed by atoms with E-state index in [1.54, 1.807) is 11.8 Å². The van der Waals surface area contributed by atoms with E-state index < -0.39 is 6.10 Å². The van der Waals surface area contributed by atoms with Gasteiger partial charge in [-0.3, -0.25) is 0 Å². The third-order valence-corrected chi connectivity index (χ3v) is 9.35. The predicted octanol–water partition coefficient (Wildman–Crippen LogP) is 7.46. The van der Waals surface area contributed by atoms with Crippen LogP contribution in [0.15, 0.2) is 94.7 Å². The van der Waals surface area contributed by atoms with Crippen LogP contribution >= 0.6 is 23.5 Å². The smallest absolute Gasteiger partial charge is 0.109 e. The Balaban J connectivity index is 0.000000152. The first kappa shape index (κ1) is 26.1. The number of thioether (sulfide) groups is 2. The number of ether oxygens (including phenoxy) is 1. The van der Waals surface area contributed by atoms with Crippen LogP contribution in [0.1, 0.15) is 63.6 Å².